The third-order valence-electron chi connectivity index (χ3n) is 4.45. The number of hydrogen-bond donors (Lipinski definition) is 1. The molecule has 1 saturated heterocycles. The van der Waals surface area contributed by atoms with Gasteiger partial charge in [0, 0.05) is 38.3 Å². The summed E-state index contributed by atoms with van der Waals surface area (Å²) in [5, 5.41) is 2.94. The first-order chi connectivity index (χ1) is 11.8. The molecule has 1 heterocycles. The van der Waals surface area contributed by atoms with Crippen molar-refractivity contribution in [2.45, 2.75) is 52.5 Å². The van der Waals surface area contributed by atoms with Crippen molar-refractivity contribution in [1.82, 2.24) is 15.1 Å². The summed E-state index contributed by atoms with van der Waals surface area (Å²) in [5.74, 6) is 0.00174. The van der Waals surface area contributed by atoms with Crippen molar-refractivity contribution in [3.05, 3.63) is 35.4 Å². The fourth-order valence-corrected chi connectivity index (χ4v) is 2.84. The number of nitrogens with one attached hydrogen (secondary N) is 1. The second-order valence-electron chi connectivity index (χ2n) is 7.03. The van der Waals surface area contributed by atoms with E-state index in [0.29, 0.717) is 25.2 Å². The fourth-order valence-electron chi connectivity index (χ4n) is 2.84. The highest BCUT2D eigenvalue weighted by atomic mass is 16.5. The van der Waals surface area contributed by atoms with Crippen LogP contribution < -0.4 is 5.32 Å². The molecule has 0 aromatic heterocycles. The lowest BCUT2D eigenvalue weighted by atomic mass is 10.1. The molecule has 1 N–H and O–H groups in total. The highest BCUT2D eigenvalue weighted by Crippen LogP contribution is 2.12. The van der Waals surface area contributed by atoms with Crippen LogP contribution in [0.5, 0.6) is 0 Å². The van der Waals surface area contributed by atoms with E-state index in [2.05, 4.69) is 5.32 Å². The first-order valence-electron chi connectivity index (χ1n) is 8.82. The largest absolute Gasteiger partial charge is 0.372 e. The molecule has 0 saturated carbocycles. The highest BCUT2D eigenvalue weighted by Gasteiger charge is 2.25. The zero-order valence-corrected chi connectivity index (χ0v) is 15.8. The summed E-state index contributed by atoms with van der Waals surface area (Å²) in [6, 6.07) is 7.45. The van der Waals surface area contributed by atoms with Crippen LogP contribution in [0.25, 0.3) is 0 Å². The third kappa shape index (κ3) is 5.19. The molecule has 1 aromatic rings. The van der Waals surface area contributed by atoms with E-state index in [0.717, 1.165) is 5.56 Å². The van der Waals surface area contributed by atoms with Gasteiger partial charge in [0.25, 0.3) is 5.91 Å². The number of urea groups is 1. The van der Waals surface area contributed by atoms with E-state index in [9.17, 15) is 9.59 Å². The van der Waals surface area contributed by atoms with Gasteiger partial charge in [-0.15, -0.1) is 0 Å². The Morgan fingerprint density at radius 2 is 1.76 bits per heavy atom. The maximum atomic E-state index is 12.3. The number of ether oxygens (including phenoxy) is 1. The minimum Gasteiger partial charge on any atom is -0.372 e. The summed E-state index contributed by atoms with van der Waals surface area (Å²) >= 11 is 0. The minimum atomic E-state index is -0.0818. The first-order valence-corrected chi connectivity index (χ1v) is 8.82. The lowest BCUT2D eigenvalue weighted by Crippen LogP contribution is -2.51. The number of amides is 3. The molecule has 0 radical (unpaired) electrons. The number of nitrogens with zero attached hydrogens (tertiary/aromatic N) is 2. The first kappa shape index (κ1) is 19.2. The second kappa shape index (κ2) is 8.34. The van der Waals surface area contributed by atoms with Gasteiger partial charge < -0.3 is 19.9 Å². The molecule has 1 aliphatic rings. The Morgan fingerprint density at radius 1 is 1.20 bits per heavy atom. The molecule has 1 aromatic carbocycles. The zero-order chi connectivity index (χ0) is 18.6. The smallest absolute Gasteiger partial charge is 0.317 e. The van der Waals surface area contributed by atoms with Crippen molar-refractivity contribution in [2.75, 3.05) is 20.1 Å². The summed E-state index contributed by atoms with van der Waals surface area (Å²) in [6.07, 6.45) is 0.107. The minimum absolute atomic E-state index is 0.00174. The standard InChI is InChI=1S/C19H29N3O3/c1-13(2)21(5)18(23)17-8-6-16(7-9-17)10-20-19(24)22-11-14(3)25-15(4)12-22/h6-9,13-15H,10-12H2,1-5H3,(H,20,24). The van der Waals surface area contributed by atoms with Crippen molar-refractivity contribution in [3.8, 4) is 0 Å². The van der Waals surface area contributed by atoms with Gasteiger partial charge in [-0.05, 0) is 45.4 Å². The number of hydrogen-bond acceptors (Lipinski definition) is 3. The maximum absolute atomic E-state index is 12.3. The molecule has 0 aliphatic carbocycles. The molecule has 2 rings (SSSR count). The Bertz CT molecular complexity index is 590. The van der Waals surface area contributed by atoms with Crippen molar-refractivity contribution in [2.24, 2.45) is 0 Å². The number of rotatable bonds is 4. The third-order valence-corrected chi connectivity index (χ3v) is 4.45. The summed E-state index contributed by atoms with van der Waals surface area (Å²) in [6.45, 7) is 9.55. The van der Waals surface area contributed by atoms with E-state index in [1.54, 1.807) is 16.8 Å². The Morgan fingerprint density at radius 3 is 2.28 bits per heavy atom. The van der Waals surface area contributed by atoms with Gasteiger partial charge in [0.15, 0.2) is 0 Å². The Labute approximate surface area is 150 Å². The van der Waals surface area contributed by atoms with E-state index in [4.69, 9.17) is 4.74 Å². The number of benzene rings is 1. The SMILES string of the molecule is CC1CN(C(=O)NCc2ccc(C(=O)N(C)C(C)C)cc2)CC(C)O1. The molecule has 2 atom stereocenters. The highest BCUT2D eigenvalue weighted by molar-refractivity contribution is 5.94. The lowest BCUT2D eigenvalue weighted by molar-refractivity contribution is -0.0545. The van der Waals surface area contributed by atoms with Crippen LogP contribution in [0.3, 0.4) is 0 Å². The zero-order valence-electron chi connectivity index (χ0n) is 15.8. The molecule has 0 spiro atoms. The van der Waals surface area contributed by atoms with Crippen molar-refractivity contribution < 1.29 is 14.3 Å². The van der Waals surface area contributed by atoms with Crippen LogP contribution >= 0.6 is 0 Å². The van der Waals surface area contributed by atoms with Crippen LogP contribution in [0, 0.1) is 0 Å². The van der Waals surface area contributed by atoms with Crippen LogP contribution in [0.1, 0.15) is 43.6 Å². The lowest BCUT2D eigenvalue weighted by Gasteiger charge is -2.35. The van der Waals surface area contributed by atoms with Crippen LogP contribution in [0.4, 0.5) is 4.79 Å². The van der Waals surface area contributed by atoms with Crippen molar-refractivity contribution in [3.63, 3.8) is 0 Å². The Balaban J connectivity index is 1.89. The van der Waals surface area contributed by atoms with E-state index in [-0.39, 0.29) is 30.2 Å². The van der Waals surface area contributed by atoms with Crippen LogP contribution in [-0.2, 0) is 11.3 Å². The van der Waals surface area contributed by atoms with Gasteiger partial charge in [0.1, 0.15) is 0 Å². The van der Waals surface area contributed by atoms with E-state index in [1.165, 1.54) is 0 Å². The van der Waals surface area contributed by atoms with Gasteiger partial charge in [0.05, 0.1) is 12.2 Å². The second-order valence-corrected chi connectivity index (χ2v) is 7.03. The summed E-state index contributed by atoms with van der Waals surface area (Å²) in [7, 11) is 1.80. The topological polar surface area (TPSA) is 61.9 Å². The van der Waals surface area contributed by atoms with E-state index < -0.39 is 0 Å². The Kier molecular flexibility index (Phi) is 6.42. The molecule has 138 valence electrons. The summed E-state index contributed by atoms with van der Waals surface area (Å²) < 4.78 is 5.64. The molecule has 6 heteroatoms. The van der Waals surface area contributed by atoms with Crippen molar-refractivity contribution >= 4 is 11.9 Å². The molecule has 25 heavy (non-hydrogen) atoms. The molecule has 0 bridgehead atoms. The van der Waals surface area contributed by atoms with Gasteiger partial charge in [0.2, 0.25) is 0 Å². The van der Waals surface area contributed by atoms with Gasteiger partial charge in [-0.25, -0.2) is 4.79 Å². The van der Waals surface area contributed by atoms with Crippen LogP contribution in [-0.4, -0.2) is 60.1 Å². The number of morpholine rings is 1. The number of carbonyl (C=O) groups is 2. The monoisotopic (exact) mass is 347 g/mol. The molecular weight excluding hydrogens is 318 g/mol. The number of carbonyl (C=O) groups excluding carboxylic acids is 2. The molecule has 1 aliphatic heterocycles. The molecule has 3 amide bonds. The van der Waals surface area contributed by atoms with E-state index in [1.807, 2.05) is 52.0 Å². The molecule has 6 nitrogen and oxygen atoms in total. The van der Waals surface area contributed by atoms with Gasteiger partial charge in [-0.3, -0.25) is 4.79 Å². The molecular formula is C19H29N3O3. The molecule has 2 unspecified atom stereocenters. The van der Waals surface area contributed by atoms with Crippen molar-refractivity contribution in [1.29, 1.82) is 0 Å². The fraction of sp³-hybridized carbons (Fsp3) is 0.579. The Hall–Kier alpha value is -2.08. The average molecular weight is 347 g/mol. The predicted molar refractivity (Wildman–Crippen MR) is 97.5 cm³/mol. The maximum Gasteiger partial charge on any atom is 0.317 e. The van der Waals surface area contributed by atoms with Gasteiger partial charge in [-0.1, -0.05) is 12.1 Å². The molecule has 1 fully saturated rings. The van der Waals surface area contributed by atoms with Crippen LogP contribution in [0.15, 0.2) is 24.3 Å². The average Bonchev–Trinajstić information content (AvgIpc) is 2.57. The summed E-state index contributed by atoms with van der Waals surface area (Å²) in [5.41, 5.74) is 1.62. The van der Waals surface area contributed by atoms with E-state index >= 15 is 0 Å². The van der Waals surface area contributed by atoms with Gasteiger partial charge in [-0.2, -0.15) is 0 Å². The van der Waals surface area contributed by atoms with Gasteiger partial charge >= 0.3 is 6.03 Å². The van der Waals surface area contributed by atoms with Crippen LogP contribution in [0.2, 0.25) is 0 Å². The predicted octanol–water partition coefficient (Wildman–Crippen LogP) is 2.49. The summed E-state index contributed by atoms with van der Waals surface area (Å²) in [4.78, 5) is 28.1. The quantitative estimate of drug-likeness (QED) is 0.910. The normalized spacial score (nSPS) is 20.5.